The number of carbonyl (C=O) groups excluding carboxylic acids is 1. The van der Waals surface area contributed by atoms with Gasteiger partial charge in [-0.1, -0.05) is 6.92 Å². The number of hydrogen-bond acceptors (Lipinski definition) is 2. The minimum absolute atomic E-state index is 0.154. The Labute approximate surface area is 119 Å². The van der Waals surface area contributed by atoms with Crippen LogP contribution in [0.4, 0.5) is 5.69 Å². The van der Waals surface area contributed by atoms with E-state index in [9.17, 15) is 4.79 Å². The van der Waals surface area contributed by atoms with Gasteiger partial charge in [-0.3, -0.25) is 4.79 Å². The number of amides is 1. The van der Waals surface area contributed by atoms with Gasteiger partial charge in [-0.05, 0) is 43.5 Å². The number of alkyl halides is 1. The van der Waals surface area contributed by atoms with Crippen molar-refractivity contribution >= 4 is 23.2 Å². The Morgan fingerprint density at radius 1 is 1.42 bits per heavy atom. The fourth-order valence-corrected chi connectivity index (χ4v) is 2.36. The molecule has 0 radical (unpaired) electrons. The van der Waals surface area contributed by atoms with Crippen molar-refractivity contribution in [3.8, 4) is 5.75 Å². The van der Waals surface area contributed by atoms with E-state index in [1.807, 2.05) is 31.2 Å². The third-order valence-corrected chi connectivity index (χ3v) is 3.92. The molecule has 4 heteroatoms. The van der Waals surface area contributed by atoms with Crippen LogP contribution in [0.15, 0.2) is 24.3 Å². The average molecular weight is 282 g/mol. The molecule has 1 aromatic carbocycles. The van der Waals surface area contributed by atoms with Crippen molar-refractivity contribution in [3.05, 3.63) is 24.3 Å². The van der Waals surface area contributed by atoms with Crippen LogP contribution in [0.25, 0.3) is 0 Å². The highest BCUT2D eigenvalue weighted by molar-refractivity contribution is 6.18. The Balaban J connectivity index is 2.04. The van der Waals surface area contributed by atoms with Crippen molar-refractivity contribution in [2.75, 3.05) is 17.3 Å². The second-order valence-corrected chi connectivity index (χ2v) is 5.37. The molecule has 0 N–H and O–H groups in total. The van der Waals surface area contributed by atoms with E-state index in [1.54, 1.807) is 4.90 Å². The van der Waals surface area contributed by atoms with Crippen LogP contribution in [0.5, 0.6) is 5.75 Å². The summed E-state index contributed by atoms with van der Waals surface area (Å²) in [6.45, 7) is 4.85. The molecule has 2 rings (SSSR count). The number of rotatable bonds is 5. The number of halogens is 1. The molecule has 104 valence electrons. The molecule has 0 saturated carbocycles. The molecule has 1 amide bonds. The lowest BCUT2D eigenvalue weighted by Crippen LogP contribution is -2.24. The molecule has 1 aliphatic rings. The summed E-state index contributed by atoms with van der Waals surface area (Å²) in [5.41, 5.74) is 0.925. The first-order valence-electron chi connectivity index (χ1n) is 6.77. The molecule has 2 unspecified atom stereocenters. The van der Waals surface area contributed by atoms with Crippen molar-refractivity contribution in [1.29, 1.82) is 0 Å². The van der Waals surface area contributed by atoms with Gasteiger partial charge >= 0.3 is 0 Å². The van der Waals surface area contributed by atoms with E-state index in [2.05, 4.69) is 6.92 Å². The zero-order valence-electron chi connectivity index (χ0n) is 11.4. The van der Waals surface area contributed by atoms with Gasteiger partial charge in [0, 0.05) is 24.5 Å². The highest BCUT2D eigenvalue weighted by Gasteiger charge is 2.29. The normalized spacial score (nSPS) is 20.7. The van der Waals surface area contributed by atoms with E-state index >= 15 is 0 Å². The minimum atomic E-state index is 0.154. The summed E-state index contributed by atoms with van der Waals surface area (Å²) in [5.74, 6) is 1.81. The van der Waals surface area contributed by atoms with E-state index in [0.29, 0.717) is 18.8 Å². The summed E-state index contributed by atoms with van der Waals surface area (Å²) in [6, 6.07) is 7.71. The molecule has 1 aromatic rings. The molecule has 0 aromatic heterocycles. The van der Waals surface area contributed by atoms with E-state index < -0.39 is 0 Å². The SMILES string of the molecule is CCC(C)Oc1ccc(N2CC(CCl)CC2=O)cc1. The molecular weight excluding hydrogens is 262 g/mol. The van der Waals surface area contributed by atoms with Crippen LogP contribution >= 0.6 is 11.6 Å². The first-order valence-corrected chi connectivity index (χ1v) is 7.30. The van der Waals surface area contributed by atoms with Crippen LogP contribution in [-0.4, -0.2) is 24.4 Å². The van der Waals surface area contributed by atoms with Crippen LogP contribution < -0.4 is 9.64 Å². The largest absolute Gasteiger partial charge is 0.491 e. The van der Waals surface area contributed by atoms with E-state index in [1.165, 1.54) is 0 Å². The van der Waals surface area contributed by atoms with Crippen LogP contribution in [-0.2, 0) is 4.79 Å². The predicted molar refractivity (Wildman–Crippen MR) is 78.0 cm³/mol. The summed E-state index contributed by atoms with van der Waals surface area (Å²) in [6.07, 6.45) is 1.73. The third-order valence-electron chi connectivity index (χ3n) is 3.48. The Bertz CT molecular complexity index is 432. The number of carbonyl (C=O) groups is 1. The van der Waals surface area contributed by atoms with Gasteiger partial charge in [0.05, 0.1) is 6.10 Å². The van der Waals surface area contributed by atoms with E-state index in [0.717, 1.165) is 17.9 Å². The number of anilines is 1. The lowest BCUT2D eigenvalue weighted by atomic mass is 10.1. The predicted octanol–water partition coefficient (Wildman–Crippen LogP) is 3.46. The van der Waals surface area contributed by atoms with Crippen LogP contribution in [0, 0.1) is 5.92 Å². The Hall–Kier alpha value is -1.22. The van der Waals surface area contributed by atoms with Gasteiger partial charge in [-0.25, -0.2) is 0 Å². The minimum Gasteiger partial charge on any atom is -0.491 e. The summed E-state index contributed by atoms with van der Waals surface area (Å²) < 4.78 is 5.73. The molecule has 1 saturated heterocycles. The number of nitrogens with zero attached hydrogens (tertiary/aromatic N) is 1. The maximum atomic E-state index is 11.9. The molecule has 1 aliphatic heterocycles. The molecule has 19 heavy (non-hydrogen) atoms. The molecule has 3 nitrogen and oxygen atoms in total. The molecule has 0 bridgehead atoms. The smallest absolute Gasteiger partial charge is 0.227 e. The van der Waals surface area contributed by atoms with Gasteiger partial charge in [0.2, 0.25) is 5.91 Å². The van der Waals surface area contributed by atoms with Gasteiger partial charge in [0.1, 0.15) is 5.75 Å². The van der Waals surface area contributed by atoms with Crippen LogP contribution in [0.1, 0.15) is 26.7 Å². The molecule has 1 heterocycles. The number of ether oxygens (including phenoxy) is 1. The zero-order chi connectivity index (χ0) is 13.8. The van der Waals surface area contributed by atoms with E-state index in [-0.39, 0.29) is 17.9 Å². The highest BCUT2D eigenvalue weighted by atomic mass is 35.5. The maximum absolute atomic E-state index is 11.9. The van der Waals surface area contributed by atoms with Crippen LogP contribution in [0.3, 0.4) is 0 Å². The lowest BCUT2D eigenvalue weighted by Gasteiger charge is -2.18. The first-order chi connectivity index (χ1) is 9.13. The Morgan fingerprint density at radius 3 is 2.63 bits per heavy atom. The zero-order valence-corrected chi connectivity index (χ0v) is 12.2. The quantitative estimate of drug-likeness (QED) is 0.774. The van der Waals surface area contributed by atoms with Crippen molar-refractivity contribution in [1.82, 2.24) is 0 Å². The summed E-state index contributed by atoms with van der Waals surface area (Å²) in [4.78, 5) is 13.7. The van der Waals surface area contributed by atoms with Gasteiger partial charge in [-0.2, -0.15) is 0 Å². The summed E-state index contributed by atoms with van der Waals surface area (Å²) in [7, 11) is 0. The second kappa shape index (κ2) is 6.29. The second-order valence-electron chi connectivity index (χ2n) is 5.06. The van der Waals surface area contributed by atoms with E-state index in [4.69, 9.17) is 16.3 Å². The fourth-order valence-electron chi connectivity index (χ4n) is 2.15. The molecule has 0 spiro atoms. The van der Waals surface area contributed by atoms with Gasteiger partial charge < -0.3 is 9.64 Å². The lowest BCUT2D eigenvalue weighted by molar-refractivity contribution is -0.117. The number of benzene rings is 1. The molecule has 0 aliphatic carbocycles. The molecule has 2 atom stereocenters. The summed E-state index contributed by atoms with van der Waals surface area (Å²) in [5, 5.41) is 0. The molecule has 1 fully saturated rings. The molecular formula is C15H20ClNO2. The van der Waals surface area contributed by atoms with Gasteiger partial charge in [0.15, 0.2) is 0 Å². The average Bonchev–Trinajstić information content (AvgIpc) is 2.81. The Morgan fingerprint density at radius 2 is 2.11 bits per heavy atom. The topological polar surface area (TPSA) is 29.5 Å². The van der Waals surface area contributed by atoms with Crippen LogP contribution in [0.2, 0.25) is 0 Å². The standard InChI is InChI=1S/C15H20ClNO2/c1-3-11(2)19-14-6-4-13(5-7-14)17-10-12(9-16)8-15(17)18/h4-7,11-12H,3,8-10H2,1-2H3. The third kappa shape index (κ3) is 3.41. The fraction of sp³-hybridized carbons (Fsp3) is 0.533. The highest BCUT2D eigenvalue weighted by Crippen LogP contribution is 2.27. The van der Waals surface area contributed by atoms with Crippen molar-refractivity contribution < 1.29 is 9.53 Å². The van der Waals surface area contributed by atoms with Crippen molar-refractivity contribution in [2.24, 2.45) is 5.92 Å². The number of hydrogen-bond donors (Lipinski definition) is 0. The van der Waals surface area contributed by atoms with Crippen molar-refractivity contribution in [3.63, 3.8) is 0 Å². The van der Waals surface area contributed by atoms with Crippen molar-refractivity contribution in [2.45, 2.75) is 32.8 Å². The first kappa shape index (κ1) is 14.2. The van der Waals surface area contributed by atoms with Gasteiger partial charge in [0.25, 0.3) is 0 Å². The summed E-state index contributed by atoms with van der Waals surface area (Å²) >= 11 is 5.83. The maximum Gasteiger partial charge on any atom is 0.227 e. The van der Waals surface area contributed by atoms with Gasteiger partial charge in [-0.15, -0.1) is 11.6 Å². The monoisotopic (exact) mass is 281 g/mol. The Kier molecular flexibility index (Phi) is 4.70.